The molecule has 2 aromatic rings. The van der Waals surface area contributed by atoms with Crippen molar-refractivity contribution in [2.24, 2.45) is 23.7 Å². The molecule has 168 valence electrons. The molecule has 5 atom stereocenters. The van der Waals surface area contributed by atoms with E-state index in [1.165, 1.54) is 10.5 Å². The van der Waals surface area contributed by atoms with Crippen LogP contribution in [0.15, 0.2) is 66.7 Å². The topological polar surface area (TPSA) is 69.7 Å². The van der Waals surface area contributed by atoms with E-state index in [-0.39, 0.29) is 54.5 Å². The summed E-state index contributed by atoms with van der Waals surface area (Å²) in [5.41, 5.74) is 3.26. The number of imide groups is 1. The number of amides is 3. The lowest BCUT2D eigenvalue weighted by Gasteiger charge is -2.30. The van der Waals surface area contributed by atoms with Crippen LogP contribution in [0.3, 0.4) is 0 Å². The van der Waals surface area contributed by atoms with Gasteiger partial charge in [0.05, 0.1) is 11.8 Å². The minimum atomic E-state index is -0.459. The fourth-order valence-corrected chi connectivity index (χ4v) is 6.31. The van der Waals surface area contributed by atoms with Crippen LogP contribution < -0.4 is 10.2 Å². The predicted molar refractivity (Wildman–Crippen MR) is 124 cm³/mol. The fraction of sp³-hybridized carbons (Fsp3) is 0.370. The Balaban J connectivity index is 1.16. The Kier molecular flexibility index (Phi) is 4.82. The number of hydrogen-bond acceptors (Lipinski definition) is 4. The Labute approximate surface area is 193 Å². The number of rotatable bonds is 6. The maximum atomic E-state index is 13.4. The molecule has 1 saturated heterocycles. The molecule has 6 rings (SSSR count). The van der Waals surface area contributed by atoms with E-state index in [0.717, 1.165) is 30.6 Å². The third-order valence-electron chi connectivity index (χ3n) is 7.79. The van der Waals surface area contributed by atoms with Gasteiger partial charge in [-0.15, -0.1) is 0 Å². The summed E-state index contributed by atoms with van der Waals surface area (Å²) >= 11 is 0. The van der Waals surface area contributed by atoms with Gasteiger partial charge in [0.25, 0.3) is 0 Å². The van der Waals surface area contributed by atoms with E-state index in [4.69, 9.17) is 0 Å². The van der Waals surface area contributed by atoms with E-state index in [1.54, 1.807) is 0 Å². The van der Waals surface area contributed by atoms with E-state index in [9.17, 15) is 14.4 Å². The van der Waals surface area contributed by atoms with Gasteiger partial charge in [-0.1, -0.05) is 60.7 Å². The van der Waals surface area contributed by atoms with Crippen LogP contribution in [-0.2, 0) is 20.8 Å². The van der Waals surface area contributed by atoms with Crippen molar-refractivity contribution >= 4 is 23.4 Å². The van der Waals surface area contributed by atoms with Crippen molar-refractivity contribution in [3.05, 3.63) is 77.9 Å². The highest BCUT2D eigenvalue weighted by atomic mass is 16.2. The van der Waals surface area contributed by atoms with Gasteiger partial charge >= 0.3 is 0 Å². The Bertz CT molecular complexity index is 1110. The summed E-state index contributed by atoms with van der Waals surface area (Å²) < 4.78 is 0. The minimum Gasteiger partial charge on any atom is -0.355 e. The molecule has 1 saturated carbocycles. The first-order valence-corrected chi connectivity index (χ1v) is 11.8. The average molecular weight is 442 g/mol. The smallest absolute Gasteiger partial charge is 0.247 e. The molecule has 2 bridgehead atoms. The lowest BCUT2D eigenvalue weighted by Crippen LogP contribution is -2.44. The fourth-order valence-electron chi connectivity index (χ4n) is 6.31. The van der Waals surface area contributed by atoms with Gasteiger partial charge in [-0.3, -0.25) is 19.3 Å². The summed E-state index contributed by atoms with van der Waals surface area (Å²) in [4.78, 5) is 42.8. The molecule has 1 N–H and O–H groups in total. The Hall–Kier alpha value is -3.41. The lowest BCUT2D eigenvalue weighted by molar-refractivity contribution is -0.141. The number of nitrogens with zero attached hydrogens (tertiary/aromatic N) is 2. The van der Waals surface area contributed by atoms with Gasteiger partial charge in [-0.05, 0) is 41.9 Å². The van der Waals surface area contributed by atoms with Crippen molar-refractivity contribution in [2.75, 3.05) is 24.5 Å². The first kappa shape index (κ1) is 20.2. The summed E-state index contributed by atoms with van der Waals surface area (Å²) in [5, 5.41) is 3.02. The largest absolute Gasteiger partial charge is 0.355 e. The standard InChI is InChI=1S/C27H27N3O3/c31-25(28-13-15-30-26(32)22-19-10-11-20(16-19)23(22)27(30)33)24(18-7-2-1-3-8-18)29-14-12-17-6-4-5-9-21(17)29/h1-11,19-20,22-24H,12-16H2,(H,28,31). The van der Waals surface area contributed by atoms with Crippen LogP contribution in [0.5, 0.6) is 0 Å². The van der Waals surface area contributed by atoms with Crippen molar-refractivity contribution < 1.29 is 14.4 Å². The highest BCUT2D eigenvalue weighted by Crippen LogP contribution is 2.52. The molecule has 6 nitrogen and oxygen atoms in total. The first-order chi connectivity index (χ1) is 16.1. The molecule has 5 unspecified atom stereocenters. The van der Waals surface area contributed by atoms with E-state index in [0.29, 0.717) is 0 Å². The van der Waals surface area contributed by atoms with Crippen molar-refractivity contribution in [2.45, 2.75) is 18.9 Å². The van der Waals surface area contributed by atoms with Gasteiger partial charge in [0, 0.05) is 25.3 Å². The van der Waals surface area contributed by atoms with Gasteiger partial charge in [0.1, 0.15) is 6.04 Å². The zero-order valence-electron chi connectivity index (χ0n) is 18.4. The number of para-hydroxylation sites is 1. The molecule has 33 heavy (non-hydrogen) atoms. The zero-order chi connectivity index (χ0) is 22.5. The normalized spacial score (nSPS) is 27.8. The second-order valence-electron chi connectivity index (χ2n) is 9.50. The minimum absolute atomic E-state index is 0.0656. The first-order valence-electron chi connectivity index (χ1n) is 11.8. The van der Waals surface area contributed by atoms with E-state index < -0.39 is 6.04 Å². The Morgan fingerprint density at radius 1 is 0.939 bits per heavy atom. The molecule has 2 aliphatic carbocycles. The van der Waals surface area contributed by atoms with Crippen molar-refractivity contribution in [3.8, 4) is 0 Å². The summed E-state index contributed by atoms with van der Waals surface area (Å²) in [6.45, 7) is 1.26. The van der Waals surface area contributed by atoms with Crippen molar-refractivity contribution in [1.29, 1.82) is 0 Å². The molecular weight excluding hydrogens is 414 g/mol. The maximum Gasteiger partial charge on any atom is 0.247 e. The van der Waals surface area contributed by atoms with Crippen LogP contribution in [0.4, 0.5) is 5.69 Å². The highest BCUT2D eigenvalue weighted by molar-refractivity contribution is 6.06. The van der Waals surface area contributed by atoms with Gasteiger partial charge in [0.2, 0.25) is 17.7 Å². The highest BCUT2D eigenvalue weighted by Gasteiger charge is 2.59. The number of allylic oxidation sites excluding steroid dienone is 2. The van der Waals surface area contributed by atoms with Gasteiger partial charge < -0.3 is 10.2 Å². The van der Waals surface area contributed by atoms with Gasteiger partial charge in [0.15, 0.2) is 0 Å². The molecule has 2 fully saturated rings. The third-order valence-corrected chi connectivity index (χ3v) is 7.79. The lowest BCUT2D eigenvalue weighted by atomic mass is 9.85. The van der Waals surface area contributed by atoms with Crippen LogP contribution in [-0.4, -0.2) is 42.3 Å². The second kappa shape index (κ2) is 7.87. The van der Waals surface area contributed by atoms with Crippen LogP contribution in [0.2, 0.25) is 0 Å². The third kappa shape index (κ3) is 3.19. The predicted octanol–water partition coefficient (Wildman–Crippen LogP) is 2.71. The summed E-state index contributed by atoms with van der Waals surface area (Å²) in [7, 11) is 0. The van der Waals surface area contributed by atoms with Gasteiger partial charge in [-0.2, -0.15) is 0 Å². The number of nitrogens with one attached hydrogen (secondary N) is 1. The molecule has 2 aliphatic heterocycles. The van der Waals surface area contributed by atoms with Crippen LogP contribution in [0.1, 0.15) is 23.6 Å². The molecule has 0 radical (unpaired) electrons. The van der Waals surface area contributed by atoms with Crippen LogP contribution >= 0.6 is 0 Å². The number of likely N-dealkylation sites (tertiary alicyclic amines) is 1. The number of carbonyl (C=O) groups excluding carboxylic acids is 3. The van der Waals surface area contributed by atoms with Crippen LogP contribution in [0.25, 0.3) is 0 Å². The maximum absolute atomic E-state index is 13.4. The second-order valence-corrected chi connectivity index (χ2v) is 9.50. The monoisotopic (exact) mass is 441 g/mol. The number of hydrogen-bond donors (Lipinski definition) is 1. The van der Waals surface area contributed by atoms with Gasteiger partial charge in [-0.25, -0.2) is 0 Å². The van der Waals surface area contributed by atoms with Crippen LogP contribution in [0, 0.1) is 23.7 Å². The van der Waals surface area contributed by atoms with Crippen molar-refractivity contribution in [3.63, 3.8) is 0 Å². The molecule has 3 amide bonds. The summed E-state index contributed by atoms with van der Waals surface area (Å²) in [5.74, 6) is -0.225. The summed E-state index contributed by atoms with van der Waals surface area (Å²) in [6, 6.07) is 17.5. The number of benzene rings is 2. The summed E-state index contributed by atoms with van der Waals surface area (Å²) in [6.07, 6.45) is 6.03. The van der Waals surface area contributed by atoms with E-state index >= 15 is 0 Å². The molecule has 4 aliphatic rings. The Morgan fingerprint density at radius 3 is 2.33 bits per heavy atom. The van der Waals surface area contributed by atoms with E-state index in [2.05, 4.69) is 34.5 Å². The van der Waals surface area contributed by atoms with Crippen molar-refractivity contribution in [1.82, 2.24) is 10.2 Å². The number of carbonyl (C=O) groups is 3. The number of fused-ring (bicyclic) bond motifs is 6. The average Bonchev–Trinajstić information content (AvgIpc) is 3.61. The number of anilines is 1. The SMILES string of the molecule is O=C(NCCN1C(=O)C2C3C=CC(C3)C2C1=O)C(c1ccccc1)N1CCc2ccccc21. The molecule has 6 heteroatoms. The molecule has 2 heterocycles. The van der Waals surface area contributed by atoms with E-state index in [1.807, 2.05) is 42.5 Å². The zero-order valence-corrected chi connectivity index (χ0v) is 18.4. The molecule has 0 spiro atoms. The molecule has 2 aromatic carbocycles. The quantitative estimate of drug-likeness (QED) is 0.553. The Morgan fingerprint density at radius 2 is 1.61 bits per heavy atom. The molecular formula is C27H27N3O3. The molecule has 0 aromatic heterocycles.